The van der Waals surface area contributed by atoms with Crippen LogP contribution in [0.4, 0.5) is 10.7 Å². The molecule has 0 aromatic carbocycles. The molecule has 0 spiro atoms. The van der Waals surface area contributed by atoms with Gasteiger partial charge in [0.2, 0.25) is 11.8 Å². The summed E-state index contributed by atoms with van der Waals surface area (Å²) in [6, 6.07) is -0.0579. The highest BCUT2D eigenvalue weighted by Gasteiger charge is 2.23. The normalized spacial score (nSPS) is 11.8. The Morgan fingerprint density at radius 3 is 2.50 bits per heavy atom. The van der Waals surface area contributed by atoms with Gasteiger partial charge in [-0.25, -0.2) is 14.6 Å². The minimum absolute atomic E-state index is 0.0484. The number of ether oxygens (including phenoxy) is 1. The maximum atomic E-state index is 11.7. The first-order chi connectivity index (χ1) is 9.33. The minimum Gasteiger partial charge on any atom is -0.481 e. The lowest BCUT2D eigenvalue weighted by Gasteiger charge is -2.17. The van der Waals surface area contributed by atoms with Crippen LogP contribution in [-0.2, 0) is 4.79 Å². The summed E-state index contributed by atoms with van der Waals surface area (Å²) in [7, 11) is 1.45. The predicted molar refractivity (Wildman–Crippen MR) is 71.7 cm³/mol. The van der Waals surface area contributed by atoms with Gasteiger partial charge >= 0.3 is 12.0 Å². The number of aliphatic carboxylic acids is 1. The van der Waals surface area contributed by atoms with E-state index in [1.165, 1.54) is 7.11 Å². The van der Waals surface area contributed by atoms with Crippen LogP contribution in [-0.4, -0.2) is 40.2 Å². The number of methoxy groups -OCH3 is 1. The summed E-state index contributed by atoms with van der Waals surface area (Å²) in [5.41, 5.74) is 0.616. The number of carbonyl (C=O) groups excluding carboxylic acids is 1. The lowest BCUT2D eigenvalue weighted by Crippen LogP contribution is -2.46. The Morgan fingerprint density at radius 2 is 2.00 bits per heavy atom. The van der Waals surface area contributed by atoms with Gasteiger partial charge in [0.1, 0.15) is 6.04 Å². The molecule has 1 aromatic rings. The second-order valence-electron chi connectivity index (χ2n) is 4.53. The van der Waals surface area contributed by atoms with E-state index >= 15 is 0 Å². The van der Waals surface area contributed by atoms with Gasteiger partial charge in [0.25, 0.3) is 0 Å². The minimum atomic E-state index is -1.10. The van der Waals surface area contributed by atoms with E-state index in [2.05, 4.69) is 20.6 Å². The number of rotatable bonds is 5. The predicted octanol–water partition coefficient (Wildman–Crippen LogP) is 1.02. The zero-order valence-electron chi connectivity index (χ0n) is 11.8. The molecule has 3 N–H and O–H groups in total. The fourth-order valence-electron chi connectivity index (χ4n) is 1.49. The molecular formula is C12H18N4O4. The number of urea groups is 1. The number of hydrogen-bond acceptors (Lipinski definition) is 5. The van der Waals surface area contributed by atoms with Crippen molar-refractivity contribution in [2.75, 3.05) is 12.4 Å². The van der Waals surface area contributed by atoms with Gasteiger partial charge in [0.15, 0.2) is 0 Å². The lowest BCUT2D eigenvalue weighted by atomic mass is 10.1. The Labute approximate surface area is 116 Å². The standard InChI is InChI=1S/C12H18N4O4/c1-6(2)9(10(17)18)15-12(19)16-11-13-7(3)5-8(14-11)20-4/h5-6,9H,1-4H3,(H,17,18)(H2,13,14,15,16,19)/t9-/m0/s1. The number of nitrogens with zero attached hydrogens (tertiary/aromatic N) is 2. The van der Waals surface area contributed by atoms with E-state index in [0.29, 0.717) is 11.6 Å². The summed E-state index contributed by atoms with van der Waals surface area (Å²) >= 11 is 0. The van der Waals surface area contributed by atoms with Gasteiger partial charge in [-0.15, -0.1) is 0 Å². The van der Waals surface area contributed by atoms with Crippen molar-refractivity contribution in [1.82, 2.24) is 15.3 Å². The van der Waals surface area contributed by atoms with Crippen LogP contribution in [0.3, 0.4) is 0 Å². The van der Waals surface area contributed by atoms with Gasteiger partial charge in [-0.05, 0) is 12.8 Å². The molecule has 0 radical (unpaired) electrons. The number of carboxylic acid groups (broad SMARTS) is 1. The van der Waals surface area contributed by atoms with Crippen molar-refractivity contribution in [3.8, 4) is 5.88 Å². The van der Waals surface area contributed by atoms with Crippen LogP contribution in [0.25, 0.3) is 0 Å². The van der Waals surface area contributed by atoms with Gasteiger partial charge in [-0.3, -0.25) is 5.32 Å². The monoisotopic (exact) mass is 282 g/mol. The highest BCUT2D eigenvalue weighted by atomic mass is 16.5. The summed E-state index contributed by atoms with van der Waals surface area (Å²) < 4.78 is 4.96. The first-order valence-electron chi connectivity index (χ1n) is 6.03. The van der Waals surface area contributed by atoms with Gasteiger partial charge in [0, 0.05) is 11.8 Å². The first kappa shape index (κ1) is 15.7. The Morgan fingerprint density at radius 1 is 1.35 bits per heavy atom. The molecule has 0 unspecified atom stereocenters. The van der Waals surface area contributed by atoms with Crippen LogP contribution >= 0.6 is 0 Å². The third kappa shape index (κ3) is 4.38. The molecule has 8 heteroatoms. The molecule has 20 heavy (non-hydrogen) atoms. The molecule has 1 atom stereocenters. The molecule has 0 saturated carbocycles. The van der Waals surface area contributed by atoms with Crippen LogP contribution in [0.5, 0.6) is 5.88 Å². The summed E-state index contributed by atoms with van der Waals surface area (Å²) in [6.45, 7) is 5.12. The SMILES string of the molecule is COc1cc(C)nc(NC(=O)N[C@H](C(=O)O)C(C)C)n1. The number of carbonyl (C=O) groups is 2. The van der Waals surface area contributed by atoms with Crippen molar-refractivity contribution in [2.45, 2.75) is 26.8 Å². The Balaban J connectivity index is 2.75. The number of aromatic nitrogens is 2. The average molecular weight is 282 g/mol. The van der Waals surface area contributed by atoms with Crippen LogP contribution in [0.2, 0.25) is 0 Å². The fraction of sp³-hybridized carbons (Fsp3) is 0.500. The number of hydrogen-bond donors (Lipinski definition) is 3. The smallest absolute Gasteiger partial charge is 0.326 e. The van der Waals surface area contributed by atoms with E-state index in [1.54, 1.807) is 26.8 Å². The van der Waals surface area contributed by atoms with Crippen molar-refractivity contribution in [3.05, 3.63) is 11.8 Å². The number of anilines is 1. The number of nitrogens with one attached hydrogen (secondary N) is 2. The summed E-state index contributed by atoms with van der Waals surface area (Å²) in [6.07, 6.45) is 0. The second-order valence-corrected chi connectivity index (χ2v) is 4.53. The van der Waals surface area contributed by atoms with Crippen molar-refractivity contribution >= 4 is 17.9 Å². The van der Waals surface area contributed by atoms with Crippen LogP contribution in [0.15, 0.2) is 6.07 Å². The summed E-state index contributed by atoms with van der Waals surface area (Å²) in [5.74, 6) is -0.984. The number of carboxylic acids is 1. The second kappa shape index (κ2) is 6.69. The van der Waals surface area contributed by atoms with E-state index in [4.69, 9.17) is 9.84 Å². The van der Waals surface area contributed by atoms with E-state index < -0.39 is 18.0 Å². The fourth-order valence-corrected chi connectivity index (χ4v) is 1.49. The molecule has 0 aliphatic heterocycles. The quantitative estimate of drug-likeness (QED) is 0.743. The van der Waals surface area contributed by atoms with Gasteiger partial charge < -0.3 is 15.2 Å². The molecule has 1 aromatic heterocycles. The van der Waals surface area contributed by atoms with Crippen molar-refractivity contribution in [2.24, 2.45) is 5.92 Å². The topological polar surface area (TPSA) is 113 Å². The maximum Gasteiger partial charge on any atom is 0.326 e. The molecule has 110 valence electrons. The largest absolute Gasteiger partial charge is 0.481 e. The number of aryl methyl sites for hydroxylation is 1. The average Bonchev–Trinajstić information content (AvgIpc) is 2.34. The van der Waals surface area contributed by atoms with E-state index in [1.807, 2.05) is 0 Å². The lowest BCUT2D eigenvalue weighted by molar-refractivity contribution is -0.140. The molecule has 0 aliphatic carbocycles. The van der Waals surface area contributed by atoms with Gasteiger partial charge in [-0.2, -0.15) is 4.98 Å². The summed E-state index contributed by atoms with van der Waals surface area (Å²) in [4.78, 5) is 30.7. The van der Waals surface area contributed by atoms with Crippen LogP contribution in [0.1, 0.15) is 19.5 Å². The highest BCUT2D eigenvalue weighted by molar-refractivity contribution is 5.90. The molecular weight excluding hydrogens is 264 g/mol. The first-order valence-corrected chi connectivity index (χ1v) is 6.03. The van der Waals surface area contributed by atoms with Gasteiger partial charge in [-0.1, -0.05) is 13.8 Å². The molecule has 0 fully saturated rings. The van der Waals surface area contributed by atoms with Crippen molar-refractivity contribution in [3.63, 3.8) is 0 Å². The Bertz CT molecular complexity index is 504. The van der Waals surface area contributed by atoms with E-state index in [0.717, 1.165) is 0 Å². The van der Waals surface area contributed by atoms with Crippen LogP contribution < -0.4 is 15.4 Å². The highest BCUT2D eigenvalue weighted by Crippen LogP contribution is 2.11. The Kier molecular flexibility index (Phi) is 5.24. The molecule has 8 nitrogen and oxygen atoms in total. The van der Waals surface area contributed by atoms with Crippen LogP contribution in [0, 0.1) is 12.8 Å². The zero-order valence-corrected chi connectivity index (χ0v) is 11.8. The third-order valence-corrected chi connectivity index (χ3v) is 2.48. The maximum absolute atomic E-state index is 11.7. The molecule has 0 aliphatic rings. The van der Waals surface area contributed by atoms with Crippen molar-refractivity contribution in [1.29, 1.82) is 0 Å². The Hall–Kier alpha value is -2.38. The van der Waals surface area contributed by atoms with E-state index in [9.17, 15) is 9.59 Å². The molecule has 1 heterocycles. The van der Waals surface area contributed by atoms with E-state index in [-0.39, 0.29) is 11.9 Å². The molecule has 1 rings (SSSR count). The molecule has 2 amide bonds. The molecule has 0 bridgehead atoms. The van der Waals surface area contributed by atoms with Crippen molar-refractivity contribution < 1.29 is 19.4 Å². The summed E-state index contributed by atoms with van der Waals surface area (Å²) in [5, 5.41) is 13.7. The molecule has 0 saturated heterocycles. The zero-order chi connectivity index (χ0) is 15.3. The number of amides is 2. The van der Waals surface area contributed by atoms with Gasteiger partial charge in [0.05, 0.1) is 7.11 Å². The third-order valence-electron chi connectivity index (χ3n) is 2.48.